The third kappa shape index (κ3) is 2.47. The highest BCUT2D eigenvalue weighted by Gasteiger charge is 2.09. The Labute approximate surface area is 132 Å². The fourth-order valence-corrected chi connectivity index (χ4v) is 2.52. The van der Waals surface area contributed by atoms with Crippen LogP contribution >= 0.6 is 0 Å². The molecule has 4 rings (SSSR count). The van der Waals surface area contributed by atoms with Crippen LogP contribution in [-0.4, -0.2) is 24.7 Å². The van der Waals surface area contributed by atoms with Crippen LogP contribution in [0.25, 0.3) is 28.2 Å². The number of rotatable bonds is 3. The number of aliphatic hydroxyl groups excluding tert-OH is 1. The Morgan fingerprint density at radius 2 is 1.78 bits per heavy atom. The van der Waals surface area contributed by atoms with E-state index in [1.807, 2.05) is 53.0 Å². The largest absolute Gasteiger partial charge is 0.392 e. The molecule has 0 aliphatic rings. The fourth-order valence-electron chi connectivity index (χ4n) is 2.52. The van der Waals surface area contributed by atoms with Crippen LogP contribution in [0.15, 0.2) is 67.1 Å². The summed E-state index contributed by atoms with van der Waals surface area (Å²) >= 11 is 0. The summed E-state index contributed by atoms with van der Waals surface area (Å²) in [5.74, 6) is 0. The molecule has 4 aromatic rings. The number of nitrogens with zero attached hydrogens (tertiary/aromatic N) is 4. The van der Waals surface area contributed by atoms with Crippen LogP contribution in [0.5, 0.6) is 0 Å². The SMILES string of the molecule is OCc1ccc(-c2ccc3ncc(-c4cccnc4)n3n2)cc1. The lowest BCUT2D eigenvalue weighted by molar-refractivity contribution is 0.282. The van der Waals surface area contributed by atoms with Crippen molar-refractivity contribution in [3.63, 3.8) is 0 Å². The van der Waals surface area contributed by atoms with Crippen molar-refractivity contribution < 1.29 is 5.11 Å². The topological polar surface area (TPSA) is 63.3 Å². The minimum atomic E-state index is 0.0411. The molecule has 0 spiro atoms. The molecule has 3 heterocycles. The maximum atomic E-state index is 9.14. The third-order valence-electron chi connectivity index (χ3n) is 3.75. The summed E-state index contributed by atoms with van der Waals surface area (Å²) in [4.78, 5) is 8.55. The molecular formula is C18H14N4O. The highest BCUT2D eigenvalue weighted by Crippen LogP contribution is 2.22. The first-order valence-electron chi connectivity index (χ1n) is 7.30. The van der Waals surface area contributed by atoms with Gasteiger partial charge in [0.1, 0.15) is 0 Å². The van der Waals surface area contributed by atoms with Gasteiger partial charge in [0.25, 0.3) is 0 Å². The van der Waals surface area contributed by atoms with E-state index in [0.29, 0.717) is 0 Å². The Morgan fingerprint density at radius 1 is 0.913 bits per heavy atom. The Kier molecular flexibility index (Phi) is 3.33. The molecule has 0 fully saturated rings. The molecule has 0 saturated heterocycles. The summed E-state index contributed by atoms with van der Waals surface area (Å²) in [7, 11) is 0. The number of benzene rings is 1. The number of fused-ring (bicyclic) bond motifs is 1. The van der Waals surface area contributed by atoms with Gasteiger partial charge < -0.3 is 5.11 Å². The standard InChI is InChI=1S/C18H14N4O/c23-12-13-3-5-14(6-4-13)16-7-8-18-20-11-17(22(18)21-16)15-2-1-9-19-10-15/h1-11,23H,12H2. The Hall–Kier alpha value is -3.05. The number of hydrogen-bond acceptors (Lipinski definition) is 4. The minimum Gasteiger partial charge on any atom is -0.392 e. The molecule has 0 aliphatic heterocycles. The first-order chi connectivity index (χ1) is 11.3. The average molecular weight is 302 g/mol. The van der Waals surface area contributed by atoms with Crippen LogP contribution < -0.4 is 0 Å². The summed E-state index contributed by atoms with van der Waals surface area (Å²) in [6.07, 6.45) is 5.35. The predicted octanol–water partition coefficient (Wildman–Crippen LogP) is 2.95. The lowest BCUT2D eigenvalue weighted by Gasteiger charge is -2.05. The quantitative estimate of drug-likeness (QED) is 0.632. The van der Waals surface area contributed by atoms with Gasteiger partial charge in [-0.3, -0.25) is 4.98 Å². The van der Waals surface area contributed by atoms with Gasteiger partial charge in [-0.05, 0) is 29.8 Å². The second-order valence-electron chi connectivity index (χ2n) is 5.23. The van der Waals surface area contributed by atoms with Crippen LogP contribution in [0.2, 0.25) is 0 Å². The average Bonchev–Trinajstić information content (AvgIpc) is 3.05. The third-order valence-corrected chi connectivity index (χ3v) is 3.75. The van der Waals surface area contributed by atoms with E-state index in [1.54, 1.807) is 18.6 Å². The molecule has 0 aliphatic carbocycles. The number of aromatic nitrogens is 4. The van der Waals surface area contributed by atoms with Crippen LogP contribution in [0, 0.1) is 0 Å². The molecule has 0 amide bonds. The van der Waals surface area contributed by atoms with Crippen LogP contribution in [-0.2, 0) is 6.61 Å². The van der Waals surface area contributed by atoms with Crippen LogP contribution in [0.3, 0.4) is 0 Å². The predicted molar refractivity (Wildman–Crippen MR) is 87.6 cm³/mol. The minimum absolute atomic E-state index is 0.0411. The molecule has 0 radical (unpaired) electrons. The van der Waals surface area contributed by atoms with Crippen molar-refractivity contribution >= 4 is 5.65 Å². The van der Waals surface area contributed by atoms with E-state index in [0.717, 1.165) is 33.7 Å². The second kappa shape index (κ2) is 5.62. The smallest absolute Gasteiger partial charge is 0.154 e. The molecule has 3 aromatic heterocycles. The van der Waals surface area contributed by atoms with E-state index in [-0.39, 0.29) is 6.61 Å². The number of hydrogen-bond donors (Lipinski definition) is 1. The Bertz CT molecular complexity index is 946. The molecule has 0 unspecified atom stereocenters. The van der Waals surface area contributed by atoms with Gasteiger partial charge in [-0.1, -0.05) is 24.3 Å². The van der Waals surface area contributed by atoms with E-state index >= 15 is 0 Å². The van der Waals surface area contributed by atoms with Gasteiger partial charge in [-0.15, -0.1) is 0 Å². The highest BCUT2D eigenvalue weighted by atomic mass is 16.3. The van der Waals surface area contributed by atoms with Gasteiger partial charge in [0.05, 0.1) is 24.2 Å². The summed E-state index contributed by atoms with van der Waals surface area (Å²) < 4.78 is 1.83. The summed E-state index contributed by atoms with van der Waals surface area (Å²) in [6.45, 7) is 0.0411. The summed E-state index contributed by atoms with van der Waals surface area (Å²) in [5, 5.41) is 13.8. The lowest BCUT2D eigenvalue weighted by Crippen LogP contribution is -1.97. The normalized spacial score (nSPS) is 11.0. The molecule has 0 atom stereocenters. The van der Waals surface area contributed by atoms with E-state index < -0.39 is 0 Å². The Morgan fingerprint density at radius 3 is 2.52 bits per heavy atom. The van der Waals surface area contributed by atoms with Crippen molar-refractivity contribution in [2.45, 2.75) is 6.61 Å². The number of imidazole rings is 1. The first-order valence-corrected chi connectivity index (χ1v) is 7.30. The van der Waals surface area contributed by atoms with Crippen LogP contribution in [0.4, 0.5) is 0 Å². The van der Waals surface area contributed by atoms with Crippen molar-refractivity contribution in [1.82, 2.24) is 19.6 Å². The fraction of sp³-hybridized carbons (Fsp3) is 0.0556. The van der Waals surface area contributed by atoms with E-state index in [4.69, 9.17) is 10.2 Å². The van der Waals surface area contributed by atoms with Crippen molar-refractivity contribution in [2.24, 2.45) is 0 Å². The van der Waals surface area contributed by atoms with Gasteiger partial charge in [-0.2, -0.15) is 5.10 Å². The highest BCUT2D eigenvalue weighted by molar-refractivity contribution is 5.65. The van der Waals surface area contributed by atoms with Gasteiger partial charge in [0, 0.05) is 23.5 Å². The van der Waals surface area contributed by atoms with E-state index in [2.05, 4.69) is 9.97 Å². The first kappa shape index (κ1) is 13.6. The number of aliphatic hydroxyl groups is 1. The zero-order chi connectivity index (χ0) is 15.6. The van der Waals surface area contributed by atoms with Gasteiger partial charge >= 0.3 is 0 Å². The van der Waals surface area contributed by atoms with Gasteiger partial charge in [-0.25, -0.2) is 9.50 Å². The Balaban J connectivity index is 1.83. The molecule has 1 aromatic carbocycles. The second-order valence-corrected chi connectivity index (χ2v) is 5.23. The maximum absolute atomic E-state index is 9.14. The summed E-state index contributed by atoms with van der Waals surface area (Å²) in [6, 6.07) is 15.5. The molecule has 23 heavy (non-hydrogen) atoms. The van der Waals surface area contributed by atoms with E-state index in [1.165, 1.54) is 0 Å². The monoisotopic (exact) mass is 302 g/mol. The molecule has 1 N–H and O–H groups in total. The van der Waals surface area contributed by atoms with Crippen molar-refractivity contribution in [3.05, 3.63) is 72.7 Å². The molecular weight excluding hydrogens is 288 g/mol. The summed E-state index contributed by atoms with van der Waals surface area (Å²) in [5.41, 5.74) is 5.40. The van der Waals surface area contributed by atoms with Crippen molar-refractivity contribution in [1.29, 1.82) is 0 Å². The lowest BCUT2D eigenvalue weighted by atomic mass is 10.1. The number of pyridine rings is 1. The zero-order valence-corrected chi connectivity index (χ0v) is 12.3. The van der Waals surface area contributed by atoms with Gasteiger partial charge in [0.15, 0.2) is 5.65 Å². The molecule has 112 valence electrons. The molecule has 5 nitrogen and oxygen atoms in total. The van der Waals surface area contributed by atoms with Gasteiger partial charge in [0.2, 0.25) is 0 Å². The van der Waals surface area contributed by atoms with E-state index in [9.17, 15) is 0 Å². The van der Waals surface area contributed by atoms with Crippen molar-refractivity contribution in [2.75, 3.05) is 0 Å². The zero-order valence-electron chi connectivity index (χ0n) is 12.3. The van der Waals surface area contributed by atoms with Crippen molar-refractivity contribution in [3.8, 4) is 22.5 Å². The molecule has 5 heteroatoms. The molecule has 0 bridgehead atoms. The molecule has 0 saturated carbocycles. The van der Waals surface area contributed by atoms with Crippen LogP contribution in [0.1, 0.15) is 5.56 Å². The maximum Gasteiger partial charge on any atom is 0.154 e.